The summed E-state index contributed by atoms with van der Waals surface area (Å²) in [5.74, 6) is -0.00493. The van der Waals surface area contributed by atoms with E-state index in [0.717, 1.165) is 26.6 Å². The lowest BCUT2D eigenvalue weighted by molar-refractivity contribution is 0.0950. The van der Waals surface area contributed by atoms with Gasteiger partial charge in [-0.1, -0.05) is 28.1 Å². The number of carbonyl (C=O) groups excluding carboxylic acids is 1. The van der Waals surface area contributed by atoms with Crippen molar-refractivity contribution in [1.29, 1.82) is 0 Å². The Hall–Kier alpha value is -3.06. The van der Waals surface area contributed by atoms with E-state index in [2.05, 4.69) is 32.3 Å². The van der Waals surface area contributed by atoms with Crippen molar-refractivity contribution >= 4 is 43.7 Å². The third kappa shape index (κ3) is 3.65. The molecule has 0 bridgehead atoms. The number of methoxy groups -OCH3 is 1. The fraction of sp³-hybridized carbons (Fsp3) is 0.182. The van der Waals surface area contributed by atoms with E-state index in [1.54, 1.807) is 18.2 Å². The lowest BCUT2D eigenvalue weighted by atomic mass is 10.1. The molecule has 2 heterocycles. The molecule has 0 spiro atoms. The number of hydrogen-bond donors (Lipinski definition) is 2. The van der Waals surface area contributed by atoms with Gasteiger partial charge in [0, 0.05) is 33.0 Å². The van der Waals surface area contributed by atoms with E-state index >= 15 is 0 Å². The number of rotatable bonds is 5. The zero-order chi connectivity index (χ0) is 20.5. The normalized spacial score (nSPS) is 11.1. The Kier molecular flexibility index (Phi) is 5.15. The van der Waals surface area contributed by atoms with E-state index in [-0.39, 0.29) is 5.56 Å². The van der Waals surface area contributed by atoms with Crippen molar-refractivity contribution in [2.24, 2.45) is 0 Å². The smallest absolute Gasteiger partial charge is 0.349 e. The standard InChI is InChI=1S/C22H19BrN2O4/c1-12-15(16-11-14(23)6-7-18(16)25-12)8-9-24-21(26)17-10-13-4-3-5-19(28-2)20(13)29-22(17)27/h3-7,10-11,25H,8-9H2,1-2H3,(H,24,26). The molecule has 148 valence electrons. The Balaban J connectivity index is 1.54. The van der Waals surface area contributed by atoms with E-state index < -0.39 is 11.5 Å². The molecule has 0 saturated carbocycles. The second-order valence-electron chi connectivity index (χ2n) is 6.75. The summed E-state index contributed by atoms with van der Waals surface area (Å²) in [7, 11) is 1.50. The highest BCUT2D eigenvalue weighted by atomic mass is 79.9. The van der Waals surface area contributed by atoms with Crippen LogP contribution in [0.2, 0.25) is 0 Å². The summed E-state index contributed by atoms with van der Waals surface area (Å²) in [6.07, 6.45) is 0.640. The van der Waals surface area contributed by atoms with Crippen molar-refractivity contribution in [2.45, 2.75) is 13.3 Å². The summed E-state index contributed by atoms with van der Waals surface area (Å²) in [5.41, 5.74) is 2.87. The largest absolute Gasteiger partial charge is 0.493 e. The number of fused-ring (bicyclic) bond motifs is 2. The molecule has 2 aromatic carbocycles. The highest BCUT2D eigenvalue weighted by Crippen LogP contribution is 2.26. The number of benzene rings is 2. The molecule has 0 unspecified atom stereocenters. The molecule has 2 aromatic heterocycles. The molecule has 2 N–H and O–H groups in total. The average molecular weight is 455 g/mol. The Morgan fingerprint density at radius 2 is 2.07 bits per heavy atom. The topological polar surface area (TPSA) is 84.3 Å². The van der Waals surface area contributed by atoms with Gasteiger partial charge in [-0.05, 0) is 49.2 Å². The Morgan fingerprint density at radius 1 is 1.24 bits per heavy atom. The van der Waals surface area contributed by atoms with Gasteiger partial charge in [0.1, 0.15) is 5.56 Å². The summed E-state index contributed by atoms with van der Waals surface area (Å²) in [4.78, 5) is 28.2. The number of halogens is 1. The molecule has 0 atom stereocenters. The lowest BCUT2D eigenvalue weighted by Gasteiger charge is -2.07. The van der Waals surface area contributed by atoms with Crippen LogP contribution in [0, 0.1) is 6.92 Å². The maximum atomic E-state index is 12.6. The molecule has 4 aromatic rings. The number of nitrogens with one attached hydrogen (secondary N) is 2. The van der Waals surface area contributed by atoms with Gasteiger partial charge in [0.2, 0.25) is 0 Å². The number of aromatic nitrogens is 1. The fourth-order valence-electron chi connectivity index (χ4n) is 3.51. The van der Waals surface area contributed by atoms with E-state index in [9.17, 15) is 9.59 Å². The summed E-state index contributed by atoms with van der Waals surface area (Å²) in [6.45, 7) is 2.41. The predicted molar refractivity (Wildman–Crippen MR) is 116 cm³/mol. The zero-order valence-electron chi connectivity index (χ0n) is 16.0. The van der Waals surface area contributed by atoms with Crippen LogP contribution in [0.4, 0.5) is 0 Å². The van der Waals surface area contributed by atoms with Gasteiger partial charge < -0.3 is 19.5 Å². The molecular weight excluding hydrogens is 436 g/mol. The summed E-state index contributed by atoms with van der Waals surface area (Å²) < 4.78 is 11.5. The maximum Gasteiger partial charge on any atom is 0.349 e. The summed E-state index contributed by atoms with van der Waals surface area (Å²) >= 11 is 3.50. The van der Waals surface area contributed by atoms with Crippen LogP contribution >= 0.6 is 15.9 Å². The molecule has 0 saturated heterocycles. The van der Waals surface area contributed by atoms with Gasteiger partial charge in [-0.25, -0.2) is 4.79 Å². The average Bonchev–Trinajstić information content (AvgIpc) is 3.01. The third-order valence-corrected chi connectivity index (χ3v) is 5.42. The Morgan fingerprint density at radius 3 is 2.86 bits per heavy atom. The van der Waals surface area contributed by atoms with Crippen LogP contribution in [0.5, 0.6) is 5.75 Å². The second kappa shape index (κ2) is 7.75. The molecule has 4 rings (SSSR count). The van der Waals surface area contributed by atoms with Crippen LogP contribution in [0.1, 0.15) is 21.6 Å². The Labute approximate surface area is 175 Å². The molecule has 0 aliphatic heterocycles. The first-order chi connectivity index (χ1) is 14.0. The Bertz CT molecular complexity index is 1290. The number of aryl methyl sites for hydroxylation is 1. The molecule has 29 heavy (non-hydrogen) atoms. The lowest BCUT2D eigenvalue weighted by Crippen LogP contribution is -2.30. The minimum atomic E-state index is -0.688. The third-order valence-electron chi connectivity index (χ3n) is 4.93. The molecular formula is C22H19BrN2O4. The molecule has 0 aliphatic carbocycles. The summed E-state index contributed by atoms with van der Waals surface area (Å²) in [5, 5.41) is 4.57. The van der Waals surface area contributed by atoms with Gasteiger partial charge in [-0.3, -0.25) is 4.79 Å². The van der Waals surface area contributed by atoms with Crippen LogP contribution in [0.15, 0.2) is 56.1 Å². The first-order valence-electron chi connectivity index (χ1n) is 9.13. The SMILES string of the molecule is COc1cccc2cc(C(=O)NCCc3c(C)[nH]c4ccc(Br)cc34)c(=O)oc12. The highest BCUT2D eigenvalue weighted by molar-refractivity contribution is 9.10. The minimum Gasteiger partial charge on any atom is -0.493 e. The van der Waals surface area contributed by atoms with Crippen LogP contribution in [-0.2, 0) is 6.42 Å². The first kappa shape index (κ1) is 19.3. The summed E-state index contributed by atoms with van der Waals surface area (Å²) in [6, 6.07) is 12.8. The van der Waals surface area contributed by atoms with Gasteiger partial charge in [0.05, 0.1) is 7.11 Å². The first-order valence-corrected chi connectivity index (χ1v) is 9.93. The molecule has 6 nitrogen and oxygen atoms in total. The zero-order valence-corrected chi connectivity index (χ0v) is 17.6. The molecule has 0 fully saturated rings. The van der Waals surface area contributed by atoms with Crippen LogP contribution < -0.4 is 15.7 Å². The van der Waals surface area contributed by atoms with Gasteiger partial charge in [0.25, 0.3) is 5.91 Å². The number of amides is 1. The van der Waals surface area contributed by atoms with E-state index in [4.69, 9.17) is 9.15 Å². The van der Waals surface area contributed by atoms with Crippen LogP contribution in [0.25, 0.3) is 21.9 Å². The quantitative estimate of drug-likeness (QED) is 0.439. The predicted octanol–water partition coefficient (Wildman–Crippen LogP) is 4.33. The highest BCUT2D eigenvalue weighted by Gasteiger charge is 2.16. The van der Waals surface area contributed by atoms with Crippen molar-refractivity contribution in [3.63, 3.8) is 0 Å². The van der Waals surface area contributed by atoms with Crippen molar-refractivity contribution in [3.05, 3.63) is 74.2 Å². The number of ether oxygens (including phenoxy) is 1. The molecule has 1 amide bonds. The molecule has 0 aliphatic rings. The van der Waals surface area contributed by atoms with E-state index in [0.29, 0.717) is 29.7 Å². The van der Waals surface area contributed by atoms with Crippen LogP contribution in [-0.4, -0.2) is 24.5 Å². The number of para-hydroxylation sites is 1. The van der Waals surface area contributed by atoms with Crippen molar-refractivity contribution in [3.8, 4) is 5.75 Å². The van der Waals surface area contributed by atoms with E-state index in [1.165, 1.54) is 13.2 Å². The number of H-pyrrole nitrogens is 1. The van der Waals surface area contributed by atoms with Crippen molar-refractivity contribution in [1.82, 2.24) is 10.3 Å². The molecule has 7 heteroatoms. The van der Waals surface area contributed by atoms with Crippen LogP contribution in [0.3, 0.4) is 0 Å². The fourth-order valence-corrected chi connectivity index (χ4v) is 3.87. The number of aromatic amines is 1. The minimum absolute atomic E-state index is 0.0239. The van der Waals surface area contributed by atoms with Gasteiger partial charge >= 0.3 is 5.63 Å². The van der Waals surface area contributed by atoms with Gasteiger partial charge in [-0.15, -0.1) is 0 Å². The van der Waals surface area contributed by atoms with E-state index in [1.807, 2.05) is 19.1 Å². The van der Waals surface area contributed by atoms with Crippen molar-refractivity contribution in [2.75, 3.05) is 13.7 Å². The number of hydrogen-bond acceptors (Lipinski definition) is 4. The second-order valence-corrected chi connectivity index (χ2v) is 7.67. The number of carbonyl (C=O) groups is 1. The monoisotopic (exact) mass is 454 g/mol. The van der Waals surface area contributed by atoms with Crippen molar-refractivity contribution < 1.29 is 13.9 Å². The molecule has 0 radical (unpaired) electrons. The van der Waals surface area contributed by atoms with Gasteiger partial charge in [0.15, 0.2) is 11.3 Å². The maximum absolute atomic E-state index is 12.6. The van der Waals surface area contributed by atoms with Gasteiger partial charge in [-0.2, -0.15) is 0 Å².